The summed E-state index contributed by atoms with van der Waals surface area (Å²) in [6.07, 6.45) is 9.97. The second-order valence-electron chi connectivity index (χ2n) is 6.40. The minimum atomic E-state index is -3.49. The summed E-state index contributed by atoms with van der Waals surface area (Å²) in [4.78, 5) is 14.1. The Labute approximate surface area is 149 Å². The van der Waals surface area contributed by atoms with Crippen LogP contribution in [0.2, 0.25) is 0 Å². The highest BCUT2D eigenvalue weighted by molar-refractivity contribution is 7.89. The smallest absolute Gasteiger partial charge is 0.246 e. The Morgan fingerprint density at radius 1 is 1.04 bits per heavy atom. The average molecular weight is 360 g/mol. The molecule has 1 amide bonds. The van der Waals surface area contributed by atoms with E-state index in [0.29, 0.717) is 31.1 Å². The molecule has 1 aromatic rings. The number of fused-ring (bicyclic) bond motifs is 1. The summed E-state index contributed by atoms with van der Waals surface area (Å²) in [7, 11) is -3.49. The second kappa shape index (κ2) is 7.54. The van der Waals surface area contributed by atoms with Crippen LogP contribution in [0.5, 0.6) is 0 Å². The fraction of sp³-hybridized carbons (Fsp3) is 0.421. The third-order valence-electron chi connectivity index (χ3n) is 4.80. The van der Waals surface area contributed by atoms with Crippen LogP contribution in [-0.2, 0) is 27.7 Å². The lowest BCUT2D eigenvalue weighted by Crippen LogP contribution is -2.50. The van der Waals surface area contributed by atoms with Crippen molar-refractivity contribution in [2.24, 2.45) is 0 Å². The number of amides is 1. The Balaban J connectivity index is 1.66. The maximum atomic E-state index is 12.9. The van der Waals surface area contributed by atoms with Gasteiger partial charge >= 0.3 is 0 Å². The summed E-state index contributed by atoms with van der Waals surface area (Å²) in [6, 6.07) is 5.49. The van der Waals surface area contributed by atoms with E-state index in [1.165, 1.54) is 15.9 Å². The molecule has 0 unspecified atom stereocenters. The lowest BCUT2D eigenvalue weighted by Gasteiger charge is -2.33. The van der Waals surface area contributed by atoms with Crippen LogP contribution >= 0.6 is 0 Å². The van der Waals surface area contributed by atoms with Gasteiger partial charge in [-0.3, -0.25) is 4.79 Å². The number of hydrogen-bond donors (Lipinski definition) is 0. The summed E-state index contributed by atoms with van der Waals surface area (Å²) in [6.45, 7) is 3.40. The molecule has 1 fully saturated rings. The van der Waals surface area contributed by atoms with Crippen molar-refractivity contribution in [1.29, 1.82) is 0 Å². The van der Waals surface area contributed by atoms with Gasteiger partial charge in [0.05, 0.1) is 4.90 Å². The molecule has 0 bridgehead atoms. The first-order chi connectivity index (χ1) is 12.0. The number of benzene rings is 1. The normalized spacial score (nSPS) is 19.0. The zero-order chi connectivity index (χ0) is 17.9. The van der Waals surface area contributed by atoms with Gasteiger partial charge < -0.3 is 4.90 Å². The zero-order valence-corrected chi connectivity index (χ0v) is 15.3. The molecule has 0 saturated carbocycles. The van der Waals surface area contributed by atoms with Crippen LogP contribution in [0.3, 0.4) is 0 Å². The van der Waals surface area contributed by atoms with Crippen molar-refractivity contribution >= 4 is 15.9 Å². The Morgan fingerprint density at radius 2 is 1.76 bits per heavy atom. The van der Waals surface area contributed by atoms with Gasteiger partial charge in [-0.25, -0.2) is 8.42 Å². The summed E-state index contributed by atoms with van der Waals surface area (Å²) in [5, 5.41) is 0. The number of aryl methyl sites for hydroxylation is 2. The Hall–Kier alpha value is -1.92. The van der Waals surface area contributed by atoms with Crippen LogP contribution in [0.15, 0.2) is 47.4 Å². The molecule has 25 heavy (non-hydrogen) atoms. The fourth-order valence-electron chi connectivity index (χ4n) is 3.36. The maximum absolute atomic E-state index is 12.9. The van der Waals surface area contributed by atoms with E-state index in [1.807, 2.05) is 25.1 Å². The van der Waals surface area contributed by atoms with E-state index >= 15 is 0 Å². The summed E-state index contributed by atoms with van der Waals surface area (Å²) in [5.41, 5.74) is 2.42. The first kappa shape index (κ1) is 17.9. The number of carbonyl (C=O) groups is 1. The van der Waals surface area contributed by atoms with Crippen LogP contribution in [0.4, 0.5) is 0 Å². The molecule has 134 valence electrons. The van der Waals surface area contributed by atoms with Gasteiger partial charge in [-0.1, -0.05) is 24.3 Å². The number of sulfonamides is 1. The molecule has 1 saturated heterocycles. The van der Waals surface area contributed by atoms with Crippen molar-refractivity contribution in [2.45, 2.75) is 31.1 Å². The first-order valence-corrected chi connectivity index (χ1v) is 10.2. The summed E-state index contributed by atoms with van der Waals surface area (Å²) < 4.78 is 27.2. The minimum Gasteiger partial charge on any atom is -0.337 e. The number of nitrogens with zero attached hydrogens (tertiary/aromatic N) is 2. The van der Waals surface area contributed by atoms with Gasteiger partial charge in [0.15, 0.2) is 0 Å². The number of hydrogen-bond acceptors (Lipinski definition) is 3. The topological polar surface area (TPSA) is 57.7 Å². The molecule has 1 aliphatic heterocycles. The Kier molecular flexibility index (Phi) is 5.39. The van der Waals surface area contributed by atoms with E-state index in [9.17, 15) is 13.2 Å². The van der Waals surface area contributed by atoms with Crippen molar-refractivity contribution < 1.29 is 13.2 Å². The lowest BCUT2D eigenvalue weighted by atomic mass is 10.1. The zero-order valence-electron chi connectivity index (χ0n) is 14.5. The van der Waals surface area contributed by atoms with E-state index in [1.54, 1.807) is 23.1 Å². The van der Waals surface area contributed by atoms with Crippen molar-refractivity contribution in [3.63, 3.8) is 0 Å². The molecular weight excluding hydrogens is 336 g/mol. The molecule has 1 heterocycles. The largest absolute Gasteiger partial charge is 0.337 e. The number of carbonyl (C=O) groups excluding carboxylic acids is 1. The highest BCUT2D eigenvalue weighted by atomic mass is 32.2. The van der Waals surface area contributed by atoms with Gasteiger partial charge in [-0.2, -0.15) is 4.31 Å². The van der Waals surface area contributed by atoms with Crippen molar-refractivity contribution in [3.8, 4) is 0 Å². The highest BCUT2D eigenvalue weighted by Gasteiger charge is 2.30. The maximum Gasteiger partial charge on any atom is 0.246 e. The molecule has 0 aromatic heterocycles. The fourth-order valence-corrected chi connectivity index (χ4v) is 4.83. The van der Waals surface area contributed by atoms with Crippen LogP contribution in [-0.4, -0.2) is 49.7 Å². The van der Waals surface area contributed by atoms with Gasteiger partial charge in [0.25, 0.3) is 0 Å². The molecule has 0 radical (unpaired) electrons. The molecule has 2 aliphatic rings. The number of allylic oxidation sites excluding steroid dienone is 3. The lowest BCUT2D eigenvalue weighted by molar-refractivity contribution is -0.127. The van der Waals surface area contributed by atoms with Crippen molar-refractivity contribution in [1.82, 2.24) is 9.21 Å². The van der Waals surface area contributed by atoms with E-state index in [0.717, 1.165) is 24.8 Å². The molecule has 1 aromatic carbocycles. The van der Waals surface area contributed by atoms with Crippen LogP contribution < -0.4 is 0 Å². The van der Waals surface area contributed by atoms with E-state index in [2.05, 4.69) is 0 Å². The van der Waals surface area contributed by atoms with Gasteiger partial charge in [0.2, 0.25) is 15.9 Å². The second-order valence-corrected chi connectivity index (χ2v) is 8.34. The quantitative estimate of drug-likeness (QED) is 0.611. The van der Waals surface area contributed by atoms with Crippen LogP contribution in [0, 0.1) is 0 Å². The predicted molar refractivity (Wildman–Crippen MR) is 97.8 cm³/mol. The predicted octanol–water partition coefficient (Wildman–Crippen LogP) is 2.14. The monoisotopic (exact) mass is 360 g/mol. The molecule has 0 spiro atoms. The number of piperazine rings is 1. The third-order valence-corrected chi connectivity index (χ3v) is 6.70. The van der Waals surface area contributed by atoms with Crippen LogP contribution in [0.25, 0.3) is 0 Å². The SMILES string of the molecule is C/C=C/C=C/C(=O)N1CCN(S(=O)(=O)c2ccc3c(c2)CCC3)CC1. The molecular formula is C19H24N2O3S. The molecule has 0 atom stereocenters. The van der Waals surface area contributed by atoms with Gasteiger partial charge in [-0.05, 0) is 49.4 Å². The van der Waals surface area contributed by atoms with E-state index < -0.39 is 10.0 Å². The Bertz CT molecular complexity index is 804. The molecule has 5 nitrogen and oxygen atoms in total. The van der Waals surface area contributed by atoms with Gasteiger partial charge in [0.1, 0.15) is 0 Å². The van der Waals surface area contributed by atoms with Crippen LogP contribution in [0.1, 0.15) is 24.5 Å². The third kappa shape index (κ3) is 3.85. The highest BCUT2D eigenvalue weighted by Crippen LogP contribution is 2.26. The van der Waals surface area contributed by atoms with Gasteiger partial charge in [-0.15, -0.1) is 0 Å². The van der Waals surface area contributed by atoms with Gasteiger partial charge in [0, 0.05) is 32.3 Å². The molecule has 1 aliphatic carbocycles. The van der Waals surface area contributed by atoms with Crippen molar-refractivity contribution in [3.05, 3.63) is 53.6 Å². The standard InChI is InChI=1S/C19H24N2O3S/c1-2-3-4-8-19(22)20-11-13-21(14-12-20)25(23,24)18-10-9-16-6-5-7-17(16)15-18/h2-4,8-10,15H,5-7,11-14H2,1H3/b3-2+,8-4+. The molecule has 0 N–H and O–H groups in total. The minimum absolute atomic E-state index is 0.0762. The first-order valence-electron chi connectivity index (χ1n) is 8.72. The van der Waals surface area contributed by atoms with Crippen molar-refractivity contribution in [2.75, 3.05) is 26.2 Å². The summed E-state index contributed by atoms with van der Waals surface area (Å²) in [5.74, 6) is -0.0762. The molecule has 6 heteroatoms. The average Bonchev–Trinajstić information content (AvgIpc) is 3.09. The van der Waals surface area contributed by atoms with E-state index in [-0.39, 0.29) is 5.91 Å². The summed E-state index contributed by atoms with van der Waals surface area (Å²) >= 11 is 0. The number of rotatable bonds is 4. The Morgan fingerprint density at radius 3 is 2.48 bits per heavy atom. The van der Waals surface area contributed by atoms with E-state index in [4.69, 9.17) is 0 Å². The molecule has 3 rings (SSSR count).